The molecule has 2 aliphatic rings. The fraction of sp³-hybridized carbons (Fsp3) is 0.700. The first-order valence-electron chi connectivity index (χ1n) is 10.3. The standard InChI is InChI=1S/C20H34N6.HI/c1-2-21-20(22-10-15-25-11-4-3-5-12-25)24-17-18-8-9-19(23-16-18)26-13-6-7-14-26;/h8-9,16H,2-7,10-15,17H2,1H3,(H2,21,22,24);1H. The van der Waals surface area contributed by atoms with E-state index in [4.69, 9.17) is 4.99 Å². The minimum atomic E-state index is 0. The van der Waals surface area contributed by atoms with Crippen molar-refractivity contribution < 1.29 is 0 Å². The van der Waals surface area contributed by atoms with Crippen molar-refractivity contribution in [3.8, 4) is 0 Å². The molecule has 0 unspecified atom stereocenters. The van der Waals surface area contributed by atoms with E-state index in [2.05, 4.69) is 44.5 Å². The number of piperidine rings is 1. The Hall–Kier alpha value is -1.09. The highest BCUT2D eigenvalue weighted by Crippen LogP contribution is 2.17. The number of rotatable bonds is 7. The zero-order chi connectivity index (χ0) is 18.0. The van der Waals surface area contributed by atoms with Crippen LogP contribution in [0, 0.1) is 0 Å². The van der Waals surface area contributed by atoms with Crippen LogP contribution >= 0.6 is 24.0 Å². The molecule has 1 aromatic rings. The van der Waals surface area contributed by atoms with Gasteiger partial charge in [-0.05, 0) is 57.3 Å². The predicted octanol–water partition coefficient (Wildman–Crippen LogP) is 2.84. The molecule has 0 spiro atoms. The van der Waals surface area contributed by atoms with Crippen LogP contribution in [0.3, 0.4) is 0 Å². The molecule has 0 saturated carbocycles. The van der Waals surface area contributed by atoms with E-state index in [0.717, 1.165) is 50.1 Å². The average Bonchev–Trinajstić information content (AvgIpc) is 3.22. The number of guanidine groups is 1. The van der Waals surface area contributed by atoms with Gasteiger partial charge in [-0.25, -0.2) is 9.98 Å². The van der Waals surface area contributed by atoms with E-state index < -0.39 is 0 Å². The van der Waals surface area contributed by atoms with E-state index in [0.29, 0.717) is 6.54 Å². The van der Waals surface area contributed by atoms with Crippen LogP contribution < -0.4 is 15.5 Å². The number of hydrogen-bond acceptors (Lipinski definition) is 4. The summed E-state index contributed by atoms with van der Waals surface area (Å²) in [5.41, 5.74) is 1.15. The van der Waals surface area contributed by atoms with Crippen LogP contribution in [0.15, 0.2) is 23.3 Å². The zero-order valence-corrected chi connectivity index (χ0v) is 19.0. The van der Waals surface area contributed by atoms with Crippen LogP contribution in [0.5, 0.6) is 0 Å². The van der Waals surface area contributed by atoms with Crippen molar-refractivity contribution in [3.63, 3.8) is 0 Å². The van der Waals surface area contributed by atoms with Gasteiger partial charge in [0.25, 0.3) is 0 Å². The van der Waals surface area contributed by atoms with Crippen LogP contribution in [0.4, 0.5) is 5.82 Å². The summed E-state index contributed by atoms with van der Waals surface area (Å²) in [5, 5.41) is 6.80. The molecule has 2 N–H and O–H groups in total. The molecule has 0 amide bonds. The molecule has 3 heterocycles. The lowest BCUT2D eigenvalue weighted by molar-refractivity contribution is 0.232. The van der Waals surface area contributed by atoms with Crippen molar-refractivity contribution in [1.29, 1.82) is 0 Å². The first kappa shape index (κ1) is 22.2. The van der Waals surface area contributed by atoms with Gasteiger partial charge in [0.2, 0.25) is 0 Å². The van der Waals surface area contributed by atoms with Crippen LogP contribution in [0.1, 0.15) is 44.6 Å². The van der Waals surface area contributed by atoms with Crippen molar-refractivity contribution in [2.75, 3.05) is 50.7 Å². The van der Waals surface area contributed by atoms with Crippen LogP contribution in [0.2, 0.25) is 0 Å². The Balaban J connectivity index is 0.00000261. The van der Waals surface area contributed by atoms with Gasteiger partial charge in [-0.3, -0.25) is 0 Å². The molecule has 1 aromatic heterocycles. The van der Waals surface area contributed by atoms with Gasteiger partial charge in [0, 0.05) is 38.9 Å². The second-order valence-electron chi connectivity index (χ2n) is 7.24. The third-order valence-electron chi connectivity index (χ3n) is 5.17. The average molecular weight is 486 g/mol. The smallest absolute Gasteiger partial charge is 0.191 e. The van der Waals surface area contributed by atoms with Crippen molar-refractivity contribution in [2.45, 2.75) is 45.6 Å². The number of anilines is 1. The second-order valence-corrected chi connectivity index (χ2v) is 7.24. The Morgan fingerprint density at radius 3 is 2.44 bits per heavy atom. The van der Waals surface area contributed by atoms with Crippen LogP contribution in [-0.2, 0) is 6.54 Å². The summed E-state index contributed by atoms with van der Waals surface area (Å²) in [6.07, 6.45) is 8.60. The molecule has 0 bridgehead atoms. The van der Waals surface area contributed by atoms with Gasteiger partial charge >= 0.3 is 0 Å². The third kappa shape index (κ3) is 7.44. The van der Waals surface area contributed by atoms with Crippen LogP contribution in [-0.4, -0.2) is 61.7 Å². The lowest BCUT2D eigenvalue weighted by Gasteiger charge is -2.26. The van der Waals surface area contributed by atoms with Gasteiger partial charge in [0.1, 0.15) is 5.82 Å². The lowest BCUT2D eigenvalue weighted by atomic mass is 10.1. The number of nitrogens with one attached hydrogen (secondary N) is 2. The van der Waals surface area contributed by atoms with Gasteiger partial charge in [0.05, 0.1) is 6.54 Å². The summed E-state index contributed by atoms with van der Waals surface area (Å²) < 4.78 is 0. The van der Waals surface area contributed by atoms with Crippen molar-refractivity contribution in [3.05, 3.63) is 23.9 Å². The maximum absolute atomic E-state index is 4.72. The molecule has 7 heteroatoms. The summed E-state index contributed by atoms with van der Waals surface area (Å²) in [6.45, 7) is 10.4. The number of hydrogen-bond donors (Lipinski definition) is 2. The molecule has 0 aliphatic carbocycles. The number of nitrogens with zero attached hydrogens (tertiary/aromatic N) is 4. The number of pyridine rings is 1. The maximum Gasteiger partial charge on any atom is 0.191 e. The Labute approximate surface area is 181 Å². The molecule has 152 valence electrons. The van der Waals surface area contributed by atoms with Gasteiger partial charge in [-0.1, -0.05) is 12.5 Å². The number of aliphatic imine (C=N–C) groups is 1. The molecule has 3 rings (SSSR count). The Morgan fingerprint density at radius 1 is 1.04 bits per heavy atom. The number of halogens is 1. The van der Waals surface area contributed by atoms with E-state index >= 15 is 0 Å². The number of aromatic nitrogens is 1. The van der Waals surface area contributed by atoms with E-state index in [-0.39, 0.29) is 24.0 Å². The zero-order valence-electron chi connectivity index (χ0n) is 16.6. The van der Waals surface area contributed by atoms with E-state index in [1.54, 1.807) is 0 Å². The van der Waals surface area contributed by atoms with E-state index in [1.807, 2.05) is 6.20 Å². The summed E-state index contributed by atoms with van der Waals surface area (Å²) >= 11 is 0. The molecule has 0 aromatic carbocycles. The topological polar surface area (TPSA) is 55.8 Å². The molecular formula is C20H35IN6. The maximum atomic E-state index is 4.72. The van der Waals surface area contributed by atoms with Crippen LogP contribution in [0.25, 0.3) is 0 Å². The number of likely N-dealkylation sites (tertiary alicyclic amines) is 1. The Bertz CT molecular complexity index is 550. The molecule has 27 heavy (non-hydrogen) atoms. The normalized spacial score (nSPS) is 18.3. The molecule has 0 atom stereocenters. The highest BCUT2D eigenvalue weighted by molar-refractivity contribution is 14.0. The monoisotopic (exact) mass is 486 g/mol. The molecule has 0 radical (unpaired) electrons. The van der Waals surface area contributed by atoms with Crippen molar-refractivity contribution in [2.24, 2.45) is 4.99 Å². The van der Waals surface area contributed by atoms with Crippen molar-refractivity contribution in [1.82, 2.24) is 20.5 Å². The first-order valence-corrected chi connectivity index (χ1v) is 10.3. The molecular weight excluding hydrogens is 451 g/mol. The fourth-order valence-electron chi connectivity index (χ4n) is 3.67. The minimum Gasteiger partial charge on any atom is -0.357 e. The second kappa shape index (κ2) is 12.4. The van der Waals surface area contributed by atoms with Gasteiger partial charge in [-0.2, -0.15) is 0 Å². The molecule has 2 fully saturated rings. The molecule has 6 nitrogen and oxygen atoms in total. The quantitative estimate of drug-likeness (QED) is 0.353. The summed E-state index contributed by atoms with van der Waals surface area (Å²) in [4.78, 5) is 14.2. The van der Waals surface area contributed by atoms with Crippen molar-refractivity contribution >= 4 is 35.8 Å². The lowest BCUT2D eigenvalue weighted by Crippen LogP contribution is -2.42. The first-order chi connectivity index (χ1) is 12.8. The molecule has 2 saturated heterocycles. The summed E-state index contributed by atoms with van der Waals surface area (Å²) in [7, 11) is 0. The SMILES string of the molecule is CCNC(=NCc1ccc(N2CCCC2)nc1)NCCN1CCCCC1.I. The summed E-state index contributed by atoms with van der Waals surface area (Å²) in [6, 6.07) is 4.29. The largest absolute Gasteiger partial charge is 0.357 e. The fourth-order valence-corrected chi connectivity index (χ4v) is 3.67. The third-order valence-corrected chi connectivity index (χ3v) is 5.17. The van der Waals surface area contributed by atoms with Gasteiger partial charge in [0.15, 0.2) is 5.96 Å². The predicted molar refractivity (Wildman–Crippen MR) is 124 cm³/mol. The highest BCUT2D eigenvalue weighted by Gasteiger charge is 2.13. The van der Waals surface area contributed by atoms with Gasteiger partial charge in [-0.15, -0.1) is 24.0 Å². The minimum absolute atomic E-state index is 0. The molecule has 2 aliphatic heterocycles. The Morgan fingerprint density at radius 2 is 1.78 bits per heavy atom. The Kier molecular flexibility index (Phi) is 10.2. The highest BCUT2D eigenvalue weighted by atomic mass is 127. The van der Waals surface area contributed by atoms with E-state index in [9.17, 15) is 0 Å². The van der Waals surface area contributed by atoms with Gasteiger partial charge < -0.3 is 20.4 Å². The van der Waals surface area contributed by atoms with E-state index in [1.165, 1.54) is 45.2 Å². The summed E-state index contributed by atoms with van der Waals surface area (Å²) in [5.74, 6) is 2.00.